The lowest BCUT2D eigenvalue weighted by Crippen LogP contribution is -2.68. The predicted octanol–water partition coefficient (Wildman–Crippen LogP) is 33.0. The Labute approximate surface area is 883 Å². The standard InChI is InChI=1S/C27H35NSSi.C26H33NSSi.C25H31NOSSi.C25H31NSSi.C24H29NSSi/c1-17(2)20-13-10-12-16-23(20)30(8,28-27(5,6)7)26-19(4)18(3)24-21-14-9-11-15-22(21)29-25(24)26;1-8-19-13-9-12-16-22(19)29(7,27-26(4,5)6)25-18(3)17(2)23-20-14-10-11-15-21(20)28-24(23)25;1-16-17(2)24(23-22(16)18-12-8-10-14-20(18)28-23)29(7,26-25(3,4)5)21-15-11-9-13-19(21)27-6;1-16-12-8-11-15-21(16)28(7,26-25(4,5)6)24-18(3)17(2)22-19-13-9-10-14-20(19)27-23(22)24;1-16-17(2)23(22-21(16)19-14-10-11-15-20(19)26-22)27(6,25-24(3,4)5)18-12-8-7-9-13-18/h9-17,26,28H,1-8H3;9-16,25,27H,8H2,1-7H3;8-15,24,26H,1-7H3;8-15,24,26H,1-7H3;7-15,23,25H,1-6H3. The molecular weight excluding hydrogens is 1910 g/mol. The summed E-state index contributed by atoms with van der Waals surface area (Å²) >= 11 is 10.0. The lowest BCUT2D eigenvalue weighted by Gasteiger charge is -2.43. The molecule has 0 bridgehead atoms. The highest BCUT2D eigenvalue weighted by atomic mass is 32.1. The Morgan fingerprint density at radius 3 is 0.818 bits per heavy atom. The van der Waals surface area contributed by atoms with Gasteiger partial charge in [0, 0.05) is 130 Å². The van der Waals surface area contributed by atoms with Crippen LogP contribution in [0.2, 0.25) is 32.7 Å². The van der Waals surface area contributed by atoms with Crippen molar-refractivity contribution in [3.8, 4) is 5.75 Å². The SMILES string of the molecule is CC1=C(C)C([Si](C)(NC(C)(C)C)c2ccccc2)c2sc3ccccc3c21.CC1=C(C)C([Si](C)(NC(C)(C)C)c2ccccc2C(C)C)c2sc3ccccc3c21.CC1=C(C)C([Si](C)(NC(C)(C)C)c2ccccc2C)c2sc3ccccc3c21.CCc1ccccc1[Si](C)(NC(C)(C)C)C1C(C)=C(C)c2c1sc1ccccc21.COc1ccccc1[Si](C)(NC(C)(C)C)C1C(C)=C(C)c2c1sc1ccccc21. The van der Waals surface area contributed by atoms with Crippen molar-refractivity contribution in [3.05, 3.63) is 345 Å². The van der Waals surface area contributed by atoms with Crippen molar-refractivity contribution in [2.24, 2.45) is 0 Å². The van der Waals surface area contributed by atoms with Gasteiger partial charge in [0.15, 0.2) is 41.2 Å². The van der Waals surface area contributed by atoms with Crippen LogP contribution in [0.15, 0.2) is 277 Å². The fourth-order valence-electron chi connectivity index (χ4n) is 26.0. The summed E-state index contributed by atoms with van der Waals surface area (Å²) in [5.41, 5.74) is 29.6. The van der Waals surface area contributed by atoms with Crippen molar-refractivity contribution in [2.75, 3.05) is 7.11 Å². The molecular formula is C127H159N5OS5Si5. The molecule has 10 aromatic carbocycles. The largest absolute Gasteiger partial charge is 0.497 e. The molecule has 0 aliphatic heterocycles. The zero-order valence-electron chi connectivity index (χ0n) is 92.3. The van der Waals surface area contributed by atoms with Crippen molar-refractivity contribution in [1.29, 1.82) is 0 Å². The van der Waals surface area contributed by atoms with Crippen molar-refractivity contribution in [1.82, 2.24) is 24.9 Å². The minimum atomic E-state index is -2.23. The van der Waals surface area contributed by atoms with E-state index < -0.39 is 41.2 Å². The third-order valence-corrected chi connectivity index (χ3v) is 62.2. The molecule has 0 saturated heterocycles. The fourth-order valence-corrected chi connectivity index (χ4v) is 62.7. The summed E-state index contributed by atoms with van der Waals surface area (Å²) in [6.45, 7) is 80.0. The van der Waals surface area contributed by atoms with E-state index in [2.05, 4.69) is 507 Å². The van der Waals surface area contributed by atoms with Gasteiger partial charge in [0.1, 0.15) is 5.75 Å². The number of methoxy groups -OCH3 is 1. The predicted molar refractivity (Wildman–Crippen MR) is 652 cm³/mol. The Kier molecular flexibility index (Phi) is 30.6. The van der Waals surface area contributed by atoms with Gasteiger partial charge in [-0.1, -0.05) is 299 Å². The number of rotatable bonds is 18. The third-order valence-electron chi connectivity index (χ3n) is 31.3. The second-order valence-corrected chi connectivity index (χ2v) is 72.2. The molecule has 5 aromatic heterocycles. The average molecular weight is 2070 g/mol. The number of benzene rings is 10. The first-order chi connectivity index (χ1) is 67.2. The number of fused-ring (bicyclic) bond motifs is 15. The van der Waals surface area contributed by atoms with Crippen molar-refractivity contribution in [3.63, 3.8) is 0 Å². The first kappa shape index (κ1) is 107. The topological polar surface area (TPSA) is 69.4 Å². The summed E-state index contributed by atoms with van der Waals surface area (Å²) < 4.78 is 12.9. The lowest BCUT2D eigenvalue weighted by atomic mass is 10.0. The smallest absolute Gasteiger partial charge is 0.172 e. The van der Waals surface area contributed by atoms with E-state index in [1.54, 1.807) is 59.3 Å². The first-order valence-electron chi connectivity index (χ1n) is 52.1. The maximum absolute atomic E-state index is 5.86. The Morgan fingerprint density at radius 2 is 0.510 bits per heavy atom. The van der Waals surface area contributed by atoms with Crippen LogP contribution in [0.3, 0.4) is 0 Å². The summed E-state index contributed by atoms with van der Waals surface area (Å²) in [7, 11) is -8.84. The van der Waals surface area contributed by atoms with E-state index in [0.29, 0.717) is 33.6 Å². The number of thiophene rings is 5. The van der Waals surface area contributed by atoms with E-state index in [-0.39, 0.29) is 27.7 Å². The zero-order valence-corrected chi connectivity index (χ0v) is 101. The van der Waals surface area contributed by atoms with E-state index in [4.69, 9.17) is 4.74 Å². The molecule has 748 valence electrons. The molecule has 10 unspecified atom stereocenters. The molecule has 16 heteroatoms. The number of nitrogens with one attached hydrogen (secondary N) is 5. The summed E-state index contributed by atoms with van der Waals surface area (Å²) in [5.74, 6) is 1.52. The van der Waals surface area contributed by atoms with Crippen LogP contribution in [0.5, 0.6) is 5.75 Å². The van der Waals surface area contributed by atoms with Gasteiger partial charge in [-0.25, -0.2) is 0 Å². The summed E-state index contributed by atoms with van der Waals surface area (Å²) in [5, 5.41) is 14.6. The van der Waals surface area contributed by atoms with Gasteiger partial charge in [0.2, 0.25) is 0 Å². The Balaban J connectivity index is 0.000000128. The van der Waals surface area contributed by atoms with Crippen LogP contribution in [0, 0.1) is 6.92 Å². The van der Waals surface area contributed by atoms with Crippen LogP contribution in [-0.4, -0.2) is 76.0 Å². The fraction of sp³-hybridized carbons (Fsp3) is 0.370. The molecule has 5 aliphatic carbocycles. The number of hydrogen-bond acceptors (Lipinski definition) is 11. The van der Waals surface area contributed by atoms with E-state index in [0.717, 1.165) is 12.2 Å². The molecule has 0 spiro atoms. The van der Waals surface area contributed by atoms with Crippen LogP contribution in [0.25, 0.3) is 78.3 Å². The number of ether oxygens (including phenoxy) is 1. The van der Waals surface area contributed by atoms with Crippen LogP contribution in [-0.2, 0) is 6.42 Å². The maximum Gasteiger partial charge on any atom is 0.172 e. The lowest BCUT2D eigenvalue weighted by molar-refractivity contribution is 0.417. The van der Waals surface area contributed by atoms with Gasteiger partial charge in [-0.2, -0.15) is 0 Å². The number of hydrogen-bond donors (Lipinski definition) is 5. The monoisotopic (exact) mass is 2070 g/mol. The zero-order chi connectivity index (χ0) is 103. The van der Waals surface area contributed by atoms with Crippen LogP contribution in [0.4, 0.5) is 0 Å². The first-order valence-corrected chi connectivity index (χ1v) is 69.1. The molecule has 5 N–H and O–H groups in total. The minimum Gasteiger partial charge on any atom is -0.497 e. The summed E-state index contributed by atoms with van der Waals surface area (Å²) in [4.78, 5) is 28.7. The van der Waals surface area contributed by atoms with Crippen LogP contribution >= 0.6 is 56.7 Å². The second kappa shape index (κ2) is 40.8. The highest BCUT2D eigenvalue weighted by Gasteiger charge is 2.55. The van der Waals surface area contributed by atoms with Gasteiger partial charge in [-0.3, -0.25) is 0 Å². The quantitative estimate of drug-likeness (QED) is 0.0552. The summed E-state index contributed by atoms with van der Waals surface area (Å²) in [6, 6.07) is 91.8. The van der Waals surface area contributed by atoms with Gasteiger partial charge in [-0.15, -0.1) is 56.7 Å². The molecule has 0 amide bonds. The van der Waals surface area contributed by atoms with Crippen molar-refractivity contribution in [2.45, 2.75) is 301 Å². The highest BCUT2D eigenvalue weighted by molar-refractivity contribution is 7.22. The molecule has 0 fully saturated rings. The van der Waals surface area contributed by atoms with Crippen molar-refractivity contribution >= 4 is 202 Å². The van der Waals surface area contributed by atoms with Gasteiger partial charge in [0.05, 0.1) is 7.11 Å². The van der Waals surface area contributed by atoms with Crippen LogP contribution < -0.4 is 55.6 Å². The molecule has 20 rings (SSSR count). The highest BCUT2D eigenvalue weighted by Crippen LogP contribution is 2.59. The average Bonchev–Trinajstić information content (AvgIpc) is 1.56. The van der Waals surface area contributed by atoms with Crippen LogP contribution in [0.1, 0.15) is 296 Å². The Bertz CT molecular complexity index is 7320. The van der Waals surface area contributed by atoms with Crippen molar-refractivity contribution < 1.29 is 4.74 Å². The van der Waals surface area contributed by atoms with E-state index >= 15 is 0 Å². The molecule has 10 atom stereocenters. The molecule has 143 heavy (non-hydrogen) atoms. The molecule has 6 nitrogen and oxygen atoms in total. The molecule has 0 saturated carbocycles. The Morgan fingerprint density at radius 1 is 0.273 bits per heavy atom. The van der Waals surface area contributed by atoms with Gasteiger partial charge in [-0.05, 0) is 321 Å². The number of para-hydroxylation sites is 1. The van der Waals surface area contributed by atoms with E-state index in [9.17, 15) is 0 Å². The van der Waals surface area contributed by atoms with Gasteiger partial charge >= 0.3 is 0 Å². The normalized spacial score (nSPS) is 19.0. The maximum atomic E-state index is 5.86. The molecule has 15 aromatic rings. The Hall–Kier alpha value is -8.62. The van der Waals surface area contributed by atoms with E-state index in [1.165, 1.54) is 149 Å². The van der Waals surface area contributed by atoms with Gasteiger partial charge in [0.25, 0.3) is 0 Å². The third kappa shape index (κ3) is 20.3. The molecule has 5 aliphatic rings. The number of allylic oxidation sites excluding steroid dienone is 10. The summed E-state index contributed by atoms with van der Waals surface area (Å²) in [6.07, 6.45) is 1.08. The number of aryl methyl sites for hydroxylation is 2. The van der Waals surface area contributed by atoms with Gasteiger partial charge < -0.3 is 29.6 Å². The minimum absolute atomic E-state index is 0.00937. The van der Waals surface area contributed by atoms with E-state index in [1.807, 2.05) is 56.7 Å². The molecule has 5 heterocycles. The second-order valence-electron chi connectivity index (χ2n) is 47.9. The molecule has 0 radical (unpaired) electrons.